The van der Waals surface area contributed by atoms with E-state index in [1.54, 1.807) is 0 Å². The molecule has 6 nitrogen and oxygen atoms in total. The maximum Gasteiger partial charge on any atom is 0.250 e. The molecule has 0 aliphatic rings. The minimum atomic E-state index is -3.47. The lowest BCUT2D eigenvalue weighted by Gasteiger charge is -2.03. The Kier molecular flexibility index (Phi) is 3.25. The highest BCUT2D eigenvalue weighted by atomic mass is 35.5. The van der Waals surface area contributed by atoms with Crippen LogP contribution in [-0.2, 0) is 14.7 Å². The van der Waals surface area contributed by atoms with E-state index in [4.69, 9.17) is 11.6 Å². The lowest BCUT2D eigenvalue weighted by molar-refractivity contribution is 0.268. The molecule has 1 aromatic heterocycles. The zero-order valence-electron chi connectivity index (χ0n) is 7.48. The van der Waals surface area contributed by atoms with Crippen LogP contribution in [0.5, 0.6) is 0 Å². The van der Waals surface area contributed by atoms with Gasteiger partial charge in [0.15, 0.2) is 5.82 Å². The van der Waals surface area contributed by atoms with Crippen LogP contribution in [0.15, 0.2) is 11.2 Å². The highest BCUT2D eigenvalue weighted by Gasteiger charge is 2.13. The van der Waals surface area contributed by atoms with Crippen LogP contribution in [0.2, 0.25) is 5.15 Å². The van der Waals surface area contributed by atoms with Crippen molar-refractivity contribution in [2.24, 2.45) is 0 Å². The Morgan fingerprint density at radius 2 is 2.14 bits per heavy atom. The molecule has 1 aromatic rings. The standard InChI is InChI=1S/C6H8ClN3O3S/c1-13-10-5-3-4(7)8-6(9-5)14(2,11)12/h3H,1-2H3,(H,8,9,10). The number of nitrogens with one attached hydrogen (secondary N) is 1. The summed E-state index contributed by atoms with van der Waals surface area (Å²) < 4.78 is 22.2. The van der Waals surface area contributed by atoms with Crippen LogP contribution in [0.1, 0.15) is 0 Å². The molecule has 78 valence electrons. The number of hydrogen-bond donors (Lipinski definition) is 1. The van der Waals surface area contributed by atoms with E-state index in [2.05, 4.69) is 20.3 Å². The van der Waals surface area contributed by atoms with E-state index in [-0.39, 0.29) is 16.1 Å². The number of anilines is 1. The van der Waals surface area contributed by atoms with E-state index >= 15 is 0 Å². The Hall–Kier alpha value is -0.920. The number of aromatic nitrogens is 2. The van der Waals surface area contributed by atoms with Crippen LogP contribution in [0.4, 0.5) is 5.82 Å². The predicted octanol–water partition coefficient (Wildman–Crippen LogP) is 0.507. The Bertz CT molecular complexity index is 434. The molecular weight excluding hydrogens is 230 g/mol. The van der Waals surface area contributed by atoms with Crippen molar-refractivity contribution in [3.63, 3.8) is 0 Å². The maximum atomic E-state index is 11.1. The summed E-state index contributed by atoms with van der Waals surface area (Å²) in [5.41, 5.74) is 2.36. The molecule has 0 spiro atoms. The second-order valence-corrected chi connectivity index (χ2v) is 4.73. The molecule has 0 fully saturated rings. The summed E-state index contributed by atoms with van der Waals surface area (Å²) in [5, 5.41) is -0.315. The molecule has 0 aliphatic carbocycles. The van der Waals surface area contributed by atoms with Crippen molar-refractivity contribution in [3.8, 4) is 0 Å². The number of halogens is 1. The van der Waals surface area contributed by atoms with Crippen molar-refractivity contribution in [2.45, 2.75) is 5.16 Å². The molecule has 0 bridgehead atoms. The molecule has 0 radical (unpaired) electrons. The van der Waals surface area contributed by atoms with E-state index in [1.165, 1.54) is 13.2 Å². The predicted molar refractivity (Wildman–Crippen MR) is 50.8 cm³/mol. The molecule has 1 N–H and O–H groups in total. The van der Waals surface area contributed by atoms with Crippen LogP contribution >= 0.6 is 11.6 Å². The van der Waals surface area contributed by atoms with E-state index in [0.29, 0.717) is 0 Å². The zero-order chi connectivity index (χ0) is 10.8. The van der Waals surface area contributed by atoms with Gasteiger partial charge in [-0.3, -0.25) is 4.84 Å². The van der Waals surface area contributed by atoms with Crippen molar-refractivity contribution in [1.82, 2.24) is 9.97 Å². The number of rotatable bonds is 3. The van der Waals surface area contributed by atoms with Crippen molar-refractivity contribution in [1.29, 1.82) is 0 Å². The van der Waals surface area contributed by atoms with E-state index in [1.807, 2.05) is 0 Å². The van der Waals surface area contributed by atoms with Gasteiger partial charge < -0.3 is 0 Å². The highest BCUT2D eigenvalue weighted by Crippen LogP contribution is 2.14. The number of nitrogens with zero attached hydrogens (tertiary/aromatic N) is 2. The molecule has 0 unspecified atom stereocenters. The van der Waals surface area contributed by atoms with E-state index in [9.17, 15) is 8.42 Å². The third kappa shape index (κ3) is 2.79. The molecule has 0 amide bonds. The summed E-state index contributed by atoms with van der Waals surface area (Å²) in [6.45, 7) is 0. The summed E-state index contributed by atoms with van der Waals surface area (Å²) in [4.78, 5) is 11.8. The molecule has 1 heterocycles. The van der Waals surface area contributed by atoms with Gasteiger partial charge in [-0.25, -0.2) is 18.9 Å². The molecule has 14 heavy (non-hydrogen) atoms. The van der Waals surface area contributed by atoms with Gasteiger partial charge in [0, 0.05) is 12.3 Å². The second-order valence-electron chi connectivity index (χ2n) is 2.44. The van der Waals surface area contributed by atoms with Crippen LogP contribution in [-0.4, -0.2) is 31.8 Å². The van der Waals surface area contributed by atoms with Gasteiger partial charge in [-0.15, -0.1) is 0 Å². The van der Waals surface area contributed by atoms with Crippen LogP contribution in [0.25, 0.3) is 0 Å². The van der Waals surface area contributed by atoms with Gasteiger partial charge in [0.2, 0.25) is 15.0 Å². The van der Waals surface area contributed by atoms with E-state index < -0.39 is 9.84 Å². The first-order valence-corrected chi connectivity index (χ1v) is 5.74. The fourth-order valence-electron chi connectivity index (χ4n) is 0.719. The monoisotopic (exact) mass is 237 g/mol. The molecule has 0 aliphatic heterocycles. The molecule has 1 rings (SSSR count). The van der Waals surface area contributed by atoms with Crippen LogP contribution in [0, 0.1) is 0 Å². The largest absolute Gasteiger partial charge is 0.278 e. The Morgan fingerprint density at radius 1 is 1.50 bits per heavy atom. The van der Waals surface area contributed by atoms with Crippen molar-refractivity contribution < 1.29 is 13.3 Å². The quantitative estimate of drug-likeness (QED) is 0.469. The molecule has 0 saturated carbocycles. The normalized spacial score (nSPS) is 11.4. The van der Waals surface area contributed by atoms with Crippen LogP contribution < -0.4 is 5.48 Å². The Balaban J connectivity index is 3.21. The summed E-state index contributed by atoms with van der Waals surface area (Å²) >= 11 is 5.58. The molecular formula is C6H8ClN3O3S. The summed E-state index contributed by atoms with van der Waals surface area (Å²) in [6, 6.07) is 1.35. The van der Waals surface area contributed by atoms with E-state index in [0.717, 1.165) is 6.26 Å². The van der Waals surface area contributed by atoms with Gasteiger partial charge in [0.25, 0.3) is 0 Å². The van der Waals surface area contributed by atoms with Crippen molar-refractivity contribution in [2.75, 3.05) is 18.8 Å². The average molecular weight is 238 g/mol. The lowest BCUT2D eigenvalue weighted by atomic mass is 10.6. The number of sulfone groups is 1. The smallest absolute Gasteiger partial charge is 0.250 e. The third-order valence-electron chi connectivity index (χ3n) is 1.21. The molecule has 0 aromatic carbocycles. The first-order chi connectivity index (χ1) is 6.43. The minimum absolute atomic E-state index is 0.0278. The van der Waals surface area contributed by atoms with Gasteiger partial charge >= 0.3 is 0 Å². The minimum Gasteiger partial charge on any atom is -0.278 e. The lowest BCUT2D eigenvalue weighted by Crippen LogP contribution is -2.07. The fraction of sp³-hybridized carbons (Fsp3) is 0.333. The maximum absolute atomic E-state index is 11.1. The molecule has 0 saturated heterocycles. The summed E-state index contributed by atoms with van der Waals surface area (Å²) in [5.74, 6) is 0.188. The fourth-order valence-corrected chi connectivity index (χ4v) is 1.48. The van der Waals surface area contributed by atoms with Crippen LogP contribution in [0.3, 0.4) is 0 Å². The van der Waals surface area contributed by atoms with Crippen molar-refractivity contribution in [3.05, 3.63) is 11.2 Å². The SMILES string of the molecule is CONc1cc(Cl)nc(S(C)(=O)=O)n1. The Labute approximate surface area is 86.1 Å². The van der Waals surface area contributed by atoms with Crippen molar-refractivity contribution >= 4 is 27.3 Å². The van der Waals surface area contributed by atoms with Gasteiger partial charge in [0.1, 0.15) is 5.15 Å². The molecule has 8 heteroatoms. The first-order valence-electron chi connectivity index (χ1n) is 3.47. The van der Waals surface area contributed by atoms with Gasteiger partial charge in [-0.2, -0.15) is 4.98 Å². The average Bonchev–Trinajstić information content (AvgIpc) is 2.02. The molecule has 0 atom stereocenters. The summed E-state index contributed by atoms with van der Waals surface area (Å²) in [6.07, 6.45) is 0.995. The van der Waals surface area contributed by atoms with Gasteiger partial charge in [0.05, 0.1) is 7.11 Å². The third-order valence-corrected chi connectivity index (χ3v) is 2.25. The highest BCUT2D eigenvalue weighted by molar-refractivity contribution is 7.90. The second kappa shape index (κ2) is 4.07. The summed E-state index contributed by atoms with van der Waals surface area (Å²) in [7, 11) is -2.10. The topological polar surface area (TPSA) is 81.2 Å². The zero-order valence-corrected chi connectivity index (χ0v) is 9.06. The van der Waals surface area contributed by atoms with Gasteiger partial charge in [-0.1, -0.05) is 11.6 Å². The number of hydrogen-bond acceptors (Lipinski definition) is 6. The Morgan fingerprint density at radius 3 is 2.64 bits per heavy atom. The van der Waals surface area contributed by atoms with Gasteiger partial charge in [-0.05, 0) is 0 Å². The first kappa shape index (κ1) is 11.2.